The molecule has 3 nitrogen and oxygen atoms in total. The second-order valence-corrected chi connectivity index (χ2v) is 5.34. The van der Waals surface area contributed by atoms with Gasteiger partial charge in [-0.05, 0) is 29.8 Å². The molecule has 0 saturated heterocycles. The first kappa shape index (κ1) is 13.8. The predicted octanol–water partition coefficient (Wildman–Crippen LogP) is 3.45. The van der Waals surface area contributed by atoms with Crippen molar-refractivity contribution in [3.05, 3.63) is 36.5 Å². The van der Waals surface area contributed by atoms with Crippen molar-refractivity contribution < 1.29 is 9.47 Å². The molecule has 0 aromatic heterocycles. The molecule has 1 aromatic rings. The molecule has 0 N–H and O–H groups in total. The zero-order valence-electron chi connectivity index (χ0n) is 11.9. The molecule has 0 unspecified atom stereocenters. The molecule has 0 atom stereocenters. The van der Waals surface area contributed by atoms with Gasteiger partial charge in [-0.3, -0.25) is 0 Å². The fraction of sp³-hybridized carbons (Fsp3) is 0.500. The van der Waals surface area contributed by atoms with Crippen LogP contribution >= 0.6 is 0 Å². The molecule has 104 valence electrons. The van der Waals surface area contributed by atoms with Crippen LogP contribution in [0.4, 0.5) is 0 Å². The maximum Gasteiger partial charge on any atom is 0.161 e. The predicted molar refractivity (Wildman–Crippen MR) is 77.5 cm³/mol. The van der Waals surface area contributed by atoms with E-state index >= 15 is 0 Å². The number of hydrogen-bond acceptors (Lipinski definition) is 3. The lowest BCUT2D eigenvalue weighted by molar-refractivity contribution is 0.296. The summed E-state index contributed by atoms with van der Waals surface area (Å²) in [7, 11) is 0. The molecule has 0 spiro atoms. The molecule has 19 heavy (non-hydrogen) atoms. The fourth-order valence-corrected chi connectivity index (χ4v) is 2.21. The van der Waals surface area contributed by atoms with Crippen LogP contribution in [0.5, 0.6) is 11.5 Å². The average molecular weight is 261 g/mol. The van der Waals surface area contributed by atoms with Crippen molar-refractivity contribution in [2.75, 3.05) is 19.8 Å². The minimum atomic E-state index is 0.624. The number of nitrogens with zero attached hydrogens (tertiary/aromatic N) is 1. The van der Waals surface area contributed by atoms with Crippen molar-refractivity contribution in [3.63, 3.8) is 0 Å². The van der Waals surface area contributed by atoms with Gasteiger partial charge in [-0.15, -0.1) is 0 Å². The van der Waals surface area contributed by atoms with E-state index in [1.807, 2.05) is 12.3 Å². The third kappa shape index (κ3) is 3.91. The van der Waals surface area contributed by atoms with Gasteiger partial charge < -0.3 is 14.4 Å². The van der Waals surface area contributed by atoms with Crippen LogP contribution in [0.1, 0.15) is 25.8 Å². The third-order valence-corrected chi connectivity index (χ3v) is 3.06. The Labute approximate surface area is 115 Å². The summed E-state index contributed by atoms with van der Waals surface area (Å²) in [5, 5.41) is 0. The maximum absolute atomic E-state index is 5.72. The van der Waals surface area contributed by atoms with Gasteiger partial charge >= 0.3 is 0 Å². The Kier molecular flexibility index (Phi) is 4.72. The molecule has 0 bridgehead atoms. The highest BCUT2D eigenvalue weighted by atomic mass is 16.5. The summed E-state index contributed by atoms with van der Waals surface area (Å²) < 4.78 is 11.4. The normalized spacial score (nSPS) is 14.1. The monoisotopic (exact) mass is 261 g/mol. The molecule has 1 aliphatic rings. The summed E-state index contributed by atoms with van der Waals surface area (Å²) in [5.41, 5.74) is 1.23. The largest absolute Gasteiger partial charge is 0.490 e. The van der Waals surface area contributed by atoms with Gasteiger partial charge in [0.25, 0.3) is 0 Å². The topological polar surface area (TPSA) is 21.7 Å². The van der Waals surface area contributed by atoms with E-state index in [0.29, 0.717) is 5.92 Å². The van der Waals surface area contributed by atoms with Crippen molar-refractivity contribution in [2.24, 2.45) is 5.92 Å². The van der Waals surface area contributed by atoms with Gasteiger partial charge in [-0.1, -0.05) is 26.5 Å². The molecule has 0 radical (unpaired) electrons. The quantitative estimate of drug-likeness (QED) is 0.810. The summed E-state index contributed by atoms with van der Waals surface area (Å²) >= 11 is 0. The highest BCUT2D eigenvalue weighted by Crippen LogP contribution is 2.30. The van der Waals surface area contributed by atoms with Gasteiger partial charge in [0.1, 0.15) is 0 Å². The Bertz CT molecular complexity index is 429. The second kappa shape index (κ2) is 6.50. The first-order valence-corrected chi connectivity index (χ1v) is 6.94. The number of ether oxygens (including phenoxy) is 2. The molecule has 2 rings (SSSR count). The zero-order valence-corrected chi connectivity index (χ0v) is 11.9. The molecule has 1 heterocycles. The van der Waals surface area contributed by atoms with Crippen LogP contribution in [0.3, 0.4) is 0 Å². The van der Waals surface area contributed by atoms with Crippen LogP contribution in [0, 0.1) is 5.92 Å². The van der Waals surface area contributed by atoms with Gasteiger partial charge in [-0.25, -0.2) is 0 Å². The van der Waals surface area contributed by atoms with Gasteiger partial charge in [-0.2, -0.15) is 0 Å². The molecule has 0 saturated carbocycles. The molecule has 1 aliphatic heterocycles. The Morgan fingerprint density at radius 2 is 2.00 bits per heavy atom. The zero-order chi connectivity index (χ0) is 13.7. The van der Waals surface area contributed by atoms with Crippen LogP contribution in [0.25, 0.3) is 0 Å². The summed E-state index contributed by atoms with van der Waals surface area (Å²) in [6.07, 6.45) is 2.85. The smallest absolute Gasteiger partial charge is 0.161 e. The van der Waals surface area contributed by atoms with Crippen molar-refractivity contribution >= 4 is 0 Å². The summed E-state index contributed by atoms with van der Waals surface area (Å²) in [4.78, 5) is 2.23. The van der Waals surface area contributed by atoms with Crippen LogP contribution < -0.4 is 9.47 Å². The lowest BCUT2D eigenvalue weighted by Gasteiger charge is -2.22. The molecular formula is C16H23NO2. The Morgan fingerprint density at radius 1 is 1.26 bits per heavy atom. The van der Waals surface area contributed by atoms with Gasteiger partial charge in [0.2, 0.25) is 0 Å². The maximum atomic E-state index is 5.72. The van der Waals surface area contributed by atoms with Gasteiger partial charge in [0, 0.05) is 19.5 Å². The number of hydrogen-bond donors (Lipinski definition) is 0. The fourth-order valence-electron chi connectivity index (χ4n) is 2.21. The van der Waals surface area contributed by atoms with Gasteiger partial charge in [0.15, 0.2) is 11.5 Å². The van der Waals surface area contributed by atoms with E-state index in [1.54, 1.807) is 0 Å². The lowest BCUT2D eigenvalue weighted by atomic mass is 10.1. The van der Waals surface area contributed by atoms with E-state index in [4.69, 9.17) is 9.47 Å². The molecule has 3 heteroatoms. The standard InChI is InChI=1S/C16H23NO2/c1-4-17(11-13(2)3)12-14-6-7-15-16(10-14)19-9-5-8-18-15/h4,6-7,10,13H,1,5,8-9,11-12H2,2-3H3. The third-order valence-electron chi connectivity index (χ3n) is 3.06. The summed E-state index contributed by atoms with van der Waals surface area (Å²) in [6.45, 7) is 11.6. The second-order valence-electron chi connectivity index (χ2n) is 5.34. The highest BCUT2D eigenvalue weighted by Gasteiger charge is 2.11. The van der Waals surface area contributed by atoms with Crippen LogP contribution in [-0.2, 0) is 6.54 Å². The molecule has 0 aliphatic carbocycles. The Morgan fingerprint density at radius 3 is 2.68 bits per heavy atom. The first-order chi connectivity index (χ1) is 9.19. The number of rotatable bonds is 5. The minimum Gasteiger partial charge on any atom is -0.490 e. The lowest BCUT2D eigenvalue weighted by Crippen LogP contribution is -2.21. The highest BCUT2D eigenvalue weighted by molar-refractivity contribution is 5.43. The Hall–Kier alpha value is -1.64. The van der Waals surface area contributed by atoms with Crippen molar-refractivity contribution in [1.29, 1.82) is 0 Å². The van der Waals surface area contributed by atoms with Crippen molar-refractivity contribution in [2.45, 2.75) is 26.8 Å². The Balaban J connectivity index is 2.08. The van der Waals surface area contributed by atoms with E-state index in [1.165, 1.54) is 5.56 Å². The number of fused-ring (bicyclic) bond motifs is 1. The van der Waals surface area contributed by atoms with Gasteiger partial charge in [0.05, 0.1) is 13.2 Å². The summed E-state index contributed by atoms with van der Waals surface area (Å²) in [6, 6.07) is 6.19. The summed E-state index contributed by atoms with van der Waals surface area (Å²) in [5.74, 6) is 2.34. The molecule has 0 amide bonds. The van der Waals surface area contributed by atoms with E-state index in [-0.39, 0.29) is 0 Å². The molecule has 0 fully saturated rings. The van der Waals surface area contributed by atoms with Crippen LogP contribution in [-0.4, -0.2) is 24.7 Å². The van der Waals surface area contributed by atoms with E-state index in [0.717, 1.165) is 44.2 Å². The first-order valence-electron chi connectivity index (χ1n) is 6.94. The van der Waals surface area contributed by atoms with E-state index in [9.17, 15) is 0 Å². The molecular weight excluding hydrogens is 238 g/mol. The van der Waals surface area contributed by atoms with E-state index < -0.39 is 0 Å². The van der Waals surface area contributed by atoms with Crippen molar-refractivity contribution in [1.82, 2.24) is 4.90 Å². The SMILES string of the molecule is C=CN(Cc1ccc2c(c1)OCCCO2)CC(C)C. The van der Waals surface area contributed by atoms with Crippen LogP contribution in [0.15, 0.2) is 31.0 Å². The van der Waals surface area contributed by atoms with Crippen LogP contribution in [0.2, 0.25) is 0 Å². The molecule has 1 aromatic carbocycles. The van der Waals surface area contributed by atoms with E-state index in [2.05, 4.69) is 37.5 Å². The number of benzene rings is 1. The van der Waals surface area contributed by atoms with Crippen molar-refractivity contribution in [3.8, 4) is 11.5 Å². The average Bonchev–Trinajstić information content (AvgIpc) is 2.62. The minimum absolute atomic E-state index is 0.624.